The van der Waals surface area contributed by atoms with E-state index >= 15 is 0 Å². The van der Waals surface area contributed by atoms with Crippen molar-refractivity contribution in [2.75, 3.05) is 13.7 Å². The van der Waals surface area contributed by atoms with Gasteiger partial charge < -0.3 is 10.1 Å². The molecule has 0 fully saturated rings. The lowest BCUT2D eigenvalue weighted by molar-refractivity contribution is 0.0158. The summed E-state index contributed by atoms with van der Waals surface area (Å²) in [6, 6.07) is 2.06. The molecule has 0 atom stereocenters. The number of pyridine rings is 1. The smallest absolute Gasteiger partial charge is 0.0634 e. The van der Waals surface area contributed by atoms with Crippen molar-refractivity contribution in [1.29, 1.82) is 0 Å². The first-order chi connectivity index (χ1) is 7.55. The van der Waals surface area contributed by atoms with Crippen LogP contribution in [0.3, 0.4) is 0 Å². The Morgan fingerprint density at radius 3 is 2.81 bits per heavy atom. The number of methoxy groups -OCH3 is 1. The van der Waals surface area contributed by atoms with Gasteiger partial charge in [-0.1, -0.05) is 0 Å². The summed E-state index contributed by atoms with van der Waals surface area (Å²) in [7, 11) is 1.76. The first-order valence-electron chi connectivity index (χ1n) is 5.70. The first kappa shape index (κ1) is 13.1. The third-order valence-electron chi connectivity index (χ3n) is 2.91. The van der Waals surface area contributed by atoms with Gasteiger partial charge in [0.15, 0.2) is 0 Å². The number of nitrogens with zero attached hydrogens (tertiary/aromatic N) is 1. The minimum Gasteiger partial charge on any atom is -0.379 e. The molecule has 3 nitrogen and oxygen atoms in total. The highest BCUT2D eigenvalue weighted by Crippen LogP contribution is 2.11. The summed E-state index contributed by atoms with van der Waals surface area (Å²) in [6.45, 7) is 8.15. The second-order valence-corrected chi connectivity index (χ2v) is 4.69. The second-order valence-electron chi connectivity index (χ2n) is 4.69. The Balaban J connectivity index is 2.29. The third-order valence-corrected chi connectivity index (χ3v) is 2.91. The molecule has 3 heteroatoms. The van der Waals surface area contributed by atoms with E-state index in [1.807, 2.05) is 12.4 Å². The molecule has 1 N–H and O–H groups in total. The normalized spacial score (nSPS) is 11.8. The zero-order chi connectivity index (χ0) is 12.0. The van der Waals surface area contributed by atoms with Crippen LogP contribution in [0.5, 0.6) is 0 Å². The molecular formula is C13H22N2O. The SMILES string of the molecule is COC(C)(C)CCNCc1ccncc1C. The Hall–Kier alpha value is -0.930. The molecule has 0 aliphatic rings. The minimum absolute atomic E-state index is 0.0414. The maximum absolute atomic E-state index is 5.36. The van der Waals surface area contributed by atoms with Crippen molar-refractivity contribution in [3.8, 4) is 0 Å². The number of aryl methyl sites for hydroxylation is 1. The van der Waals surface area contributed by atoms with Crippen LogP contribution in [0.25, 0.3) is 0 Å². The van der Waals surface area contributed by atoms with E-state index in [0.29, 0.717) is 0 Å². The lowest BCUT2D eigenvalue weighted by Gasteiger charge is -2.22. The van der Waals surface area contributed by atoms with Gasteiger partial charge in [-0.3, -0.25) is 4.98 Å². The minimum atomic E-state index is -0.0414. The summed E-state index contributed by atoms with van der Waals surface area (Å²) < 4.78 is 5.36. The van der Waals surface area contributed by atoms with Crippen molar-refractivity contribution in [3.63, 3.8) is 0 Å². The summed E-state index contributed by atoms with van der Waals surface area (Å²) >= 11 is 0. The van der Waals surface area contributed by atoms with Crippen LogP contribution in [-0.2, 0) is 11.3 Å². The second kappa shape index (κ2) is 5.97. The molecule has 1 heterocycles. The van der Waals surface area contributed by atoms with Gasteiger partial charge in [-0.2, -0.15) is 0 Å². The average Bonchev–Trinajstić information content (AvgIpc) is 2.27. The average molecular weight is 222 g/mol. The van der Waals surface area contributed by atoms with Crippen LogP contribution >= 0.6 is 0 Å². The van der Waals surface area contributed by atoms with Crippen molar-refractivity contribution < 1.29 is 4.74 Å². The zero-order valence-corrected chi connectivity index (χ0v) is 10.7. The number of rotatable bonds is 6. The van der Waals surface area contributed by atoms with E-state index in [1.54, 1.807) is 7.11 Å². The van der Waals surface area contributed by atoms with Crippen LogP contribution < -0.4 is 5.32 Å². The molecule has 0 saturated heterocycles. The molecule has 0 aromatic carbocycles. The number of hydrogen-bond acceptors (Lipinski definition) is 3. The van der Waals surface area contributed by atoms with E-state index in [2.05, 4.69) is 37.1 Å². The van der Waals surface area contributed by atoms with E-state index in [9.17, 15) is 0 Å². The molecule has 90 valence electrons. The maximum Gasteiger partial charge on any atom is 0.0634 e. The summed E-state index contributed by atoms with van der Waals surface area (Å²) in [5, 5.41) is 3.43. The van der Waals surface area contributed by atoms with Gasteiger partial charge in [0.25, 0.3) is 0 Å². The number of nitrogens with one attached hydrogen (secondary N) is 1. The molecule has 0 bridgehead atoms. The Morgan fingerprint density at radius 2 is 2.19 bits per heavy atom. The van der Waals surface area contributed by atoms with Crippen LogP contribution in [0.4, 0.5) is 0 Å². The van der Waals surface area contributed by atoms with Crippen LogP contribution in [0, 0.1) is 6.92 Å². The monoisotopic (exact) mass is 222 g/mol. The van der Waals surface area contributed by atoms with E-state index in [-0.39, 0.29) is 5.60 Å². The van der Waals surface area contributed by atoms with Crippen molar-refractivity contribution in [2.45, 2.75) is 39.3 Å². The summed E-state index contributed by atoms with van der Waals surface area (Å²) in [6.07, 6.45) is 4.74. The lowest BCUT2D eigenvalue weighted by atomic mass is 10.1. The molecule has 0 aliphatic heterocycles. The van der Waals surface area contributed by atoms with Gasteiger partial charge in [0.2, 0.25) is 0 Å². The fourth-order valence-electron chi connectivity index (χ4n) is 1.42. The van der Waals surface area contributed by atoms with Crippen molar-refractivity contribution in [1.82, 2.24) is 10.3 Å². The van der Waals surface area contributed by atoms with Gasteiger partial charge in [-0.15, -0.1) is 0 Å². The molecule has 0 radical (unpaired) electrons. The van der Waals surface area contributed by atoms with E-state index in [0.717, 1.165) is 19.5 Å². The summed E-state index contributed by atoms with van der Waals surface area (Å²) in [4.78, 5) is 4.08. The van der Waals surface area contributed by atoms with E-state index in [4.69, 9.17) is 4.74 Å². The Kier molecular flexibility index (Phi) is 4.90. The molecule has 1 rings (SSSR count). The molecule has 0 aliphatic carbocycles. The Bertz CT molecular complexity index is 323. The maximum atomic E-state index is 5.36. The van der Waals surface area contributed by atoms with Crippen LogP contribution in [0.15, 0.2) is 18.5 Å². The van der Waals surface area contributed by atoms with Gasteiger partial charge >= 0.3 is 0 Å². The summed E-state index contributed by atoms with van der Waals surface area (Å²) in [5.41, 5.74) is 2.51. The van der Waals surface area contributed by atoms with Gasteiger partial charge in [-0.05, 0) is 50.9 Å². The zero-order valence-electron chi connectivity index (χ0n) is 10.7. The van der Waals surface area contributed by atoms with Gasteiger partial charge in [0, 0.05) is 26.0 Å². The lowest BCUT2D eigenvalue weighted by Crippen LogP contribution is -2.28. The third kappa shape index (κ3) is 4.29. The van der Waals surface area contributed by atoms with Crippen LogP contribution in [-0.4, -0.2) is 24.2 Å². The molecule has 0 amide bonds. The topological polar surface area (TPSA) is 34.1 Å². The molecule has 1 aromatic heterocycles. The quantitative estimate of drug-likeness (QED) is 0.750. The standard InChI is InChI=1S/C13H22N2O/c1-11-9-14-7-5-12(11)10-15-8-6-13(2,3)16-4/h5,7,9,15H,6,8,10H2,1-4H3. The number of ether oxygens (including phenoxy) is 1. The van der Waals surface area contributed by atoms with Crippen molar-refractivity contribution in [3.05, 3.63) is 29.6 Å². The molecule has 1 aromatic rings. The highest BCUT2D eigenvalue weighted by Gasteiger charge is 2.14. The van der Waals surface area contributed by atoms with Crippen molar-refractivity contribution in [2.24, 2.45) is 0 Å². The fraction of sp³-hybridized carbons (Fsp3) is 0.615. The molecule has 0 unspecified atom stereocenters. The Morgan fingerprint density at radius 1 is 1.44 bits per heavy atom. The van der Waals surface area contributed by atoms with Crippen LogP contribution in [0.2, 0.25) is 0 Å². The van der Waals surface area contributed by atoms with E-state index in [1.165, 1.54) is 11.1 Å². The van der Waals surface area contributed by atoms with Crippen molar-refractivity contribution >= 4 is 0 Å². The van der Waals surface area contributed by atoms with Gasteiger partial charge in [0.05, 0.1) is 5.60 Å². The highest BCUT2D eigenvalue weighted by molar-refractivity contribution is 5.21. The predicted molar refractivity (Wildman–Crippen MR) is 66.4 cm³/mol. The number of aromatic nitrogens is 1. The highest BCUT2D eigenvalue weighted by atomic mass is 16.5. The largest absolute Gasteiger partial charge is 0.379 e. The van der Waals surface area contributed by atoms with E-state index < -0.39 is 0 Å². The van der Waals surface area contributed by atoms with Gasteiger partial charge in [0.1, 0.15) is 0 Å². The molecule has 0 saturated carbocycles. The summed E-state index contributed by atoms with van der Waals surface area (Å²) in [5.74, 6) is 0. The number of hydrogen-bond donors (Lipinski definition) is 1. The first-order valence-corrected chi connectivity index (χ1v) is 5.70. The predicted octanol–water partition coefficient (Wildman–Crippen LogP) is 2.29. The Labute approximate surface area is 98.2 Å². The fourth-order valence-corrected chi connectivity index (χ4v) is 1.42. The van der Waals surface area contributed by atoms with Crippen LogP contribution in [0.1, 0.15) is 31.4 Å². The molecule has 16 heavy (non-hydrogen) atoms. The molecule has 0 spiro atoms. The van der Waals surface area contributed by atoms with Gasteiger partial charge in [-0.25, -0.2) is 0 Å². The molecular weight excluding hydrogens is 200 g/mol.